The molecule has 21 heavy (non-hydrogen) atoms. The molecule has 0 radical (unpaired) electrons. The number of carbonyl (C=O) groups is 1. The van der Waals surface area contributed by atoms with E-state index >= 15 is 0 Å². The molecule has 0 spiro atoms. The molecule has 0 saturated heterocycles. The summed E-state index contributed by atoms with van der Waals surface area (Å²) in [5.41, 5.74) is 1.63. The molecule has 0 saturated carbocycles. The minimum Gasteiger partial charge on any atom is -0.492 e. The minimum absolute atomic E-state index is 0.297. The molecule has 0 aliphatic rings. The van der Waals surface area contributed by atoms with Gasteiger partial charge in [-0.25, -0.2) is 4.39 Å². The molecule has 0 atom stereocenters. The zero-order valence-electron chi connectivity index (χ0n) is 12.1. The first kappa shape index (κ1) is 15.0. The Morgan fingerprint density at radius 2 is 2.19 bits per heavy atom. The SMILES string of the molecule is CCCc1cc(C(=O)Nc2ccc(F)cc2OCC)n[nH]1. The van der Waals surface area contributed by atoms with Gasteiger partial charge in [0.25, 0.3) is 5.91 Å². The van der Waals surface area contributed by atoms with Crippen LogP contribution in [0, 0.1) is 5.82 Å². The van der Waals surface area contributed by atoms with Crippen molar-refractivity contribution in [3.63, 3.8) is 0 Å². The summed E-state index contributed by atoms with van der Waals surface area (Å²) in [7, 11) is 0. The van der Waals surface area contributed by atoms with E-state index in [1.54, 1.807) is 13.0 Å². The molecular formula is C15H18FN3O2. The third-order valence-corrected chi connectivity index (χ3v) is 2.87. The molecule has 2 rings (SSSR count). The molecule has 1 heterocycles. The summed E-state index contributed by atoms with van der Waals surface area (Å²) in [4.78, 5) is 12.1. The van der Waals surface area contributed by atoms with Crippen LogP contribution in [0.15, 0.2) is 24.3 Å². The summed E-state index contributed by atoms with van der Waals surface area (Å²) in [5.74, 6) is -0.474. The molecule has 1 aromatic carbocycles. The largest absolute Gasteiger partial charge is 0.492 e. The summed E-state index contributed by atoms with van der Waals surface area (Å²) >= 11 is 0. The fourth-order valence-electron chi connectivity index (χ4n) is 1.94. The number of hydrogen-bond acceptors (Lipinski definition) is 3. The Morgan fingerprint density at radius 3 is 2.90 bits per heavy atom. The summed E-state index contributed by atoms with van der Waals surface area (Å²) in [6, 6.07) is 5.69. The molecular weight excluding hydrogens is 273 g/mol. The van der Waals surface area contributed by atoms with Crippen molar-refractivity contribution in [3.05, 3.63) is 41.5 Å². The lowest BCUT2D eigenvalue weighted by atomic mass is 10.2. The molecule has 1 amide bonds. The van der Waals surface area contributed by atoms with Gasteiger partial charge < -0.3 is 10.1 Å². The van der Waals surface area contributed by atoms with Crippen LogP contribution in [0.3, 0.4) is 0 Å². The molecule has 5 nitrogen and oxygen atoms in total. The van der Waals surface area contributed by atoms with Gasteiger partial charge >= 0.3 is 0 Å². The Morgan fingerprint density at radius 1 is 1.38 bits per heavy atom. The maximum atomic E-state index is 13.2. The van der Waals surface area contributed by atoms with Crippen molar-refractivity contribution in [2.45, 2.75) is 26.7 Å². The van der Waals surface area contributed by atoms with Gasteiger partial charge in [-0.15, -0.1) is 0 Å². The van der Waals surface area contributed by atoms with Crippen LogP contribution in [0.1, 0.15) is 36.5 Å². The van der Waals surface area contributed by atoms with Crippen LogP contribution in [-0.2, 0) is 6.42 Å². The lowest BCUT2D eigenvalue weighted by Gasteiger charge is -2.10. The van der Waals surface area contributed by atoms with E-state index in [1.165, 1.54) is 18.2 Å². The maximum absolute atomic E-state index is 13.2. The van der Waals surface area contributed by atoms with Crippen molar-refractivity contribution in [1.29, 1.82) is 0 Å². The van der Waals surface area contributed by atoms with Gasteiger partial charge in [0.15, 0.2) is 5.69 Å². The van der Waals surface area contributed by atoms with E-state index < -0.39 is 5.82 Å². The number of aromatic amines is 1. The minimum atomic E-state index is -0.415. The number of nitrogens with zero attached hydrogens (tertiary/aromatic N) is 1. The third-order valence-electron chi connectivity index (χ3n) is 2.87. The molecule has 0 bridgehead atoms. The monoisotopic (exact) mass is 291 g/mol. The van der Waals surface area contributed by atoms with E-state index in [0.29, 0.717) is 23.7 Å². The number of halogens is 1. The number of rotatable bonds is 6. The lowest BCUT2D eigenvalue weighted by molar-refractivity contribution is 0.102. The number of aryl methyl sites for hydroxylation is 1. The highest BCUT2D eigenvalue weighted by atomic mass is 19.1. The number of aromatic nitrogens is 2. The van der Waals surface area contributed by atoms with Gasteiger partial charge in [-0.3, -0.25) is 9.89 Å². The number of anilines is 1. The lowest BCUT2D eigenvalue weighted by Crippen LogP contribution is -2.13. The zero-order valence-corrected chi connectivity index (χ0v) is 12.1. The predicted octanol–water partition coefficient (Wildman–Crippen LogP) is 3.15. The van der Waals surface area contributed by atoms with E-state index in [0.717, 1.165) is 18.5 Å². The second-order valence-electron chi connectivity index (χ2n) is 4.56. The predicted molar refractivity (Wildman–Crippen MR) is 78.1 cm³/mol. The quantitative estimate of drug-likeness (QED) is 0.859. The van der Waals surface area contributed by atoms with E-state index in [1.807, 2.05) is 6.92 Å². The first-order valence-corrected chi connectivity index (χ1v) is 6.92. The standard InChI is InChI=1S/C15H18FN3O2/c1-3-5-11-9-13(19-18-11)15(20)17-12-7-6-10(16)8-14(12)21-4-2/h6-9H,3-5H2,1-2H3,(H,17,20)(H,18,19). The Bertz CT molecular complexity index is 625. The van der Waals surface area contributed by atoms with Gasteiger partial charge in [-0.1, -0.05) is 13.3 Å². The van der Waals surface area contributed by atoms with E-state index in [2.05, 4.69) is 15.5 Å². The molecule has 6 heteroatoms. The van der Waals surface area contributed by atoms with Crippen LogP contribution in [0.2, 0.25) is 0 Å². The van der Waals surface area contributed by atoms with E-state index in [-0.39, 0.29) is 5.91 Å². The van der Waals surface area contributed by atoms with Crippen molar-refractivity contribution >= 4 is 11.6 Å². The number of hydrogen-bond donors (Lipinski definition) is 2. The Balaban J connectivity index is 2.14. The highest BCUT2D eigenvalue weighted by Gasteiger charge is 2.13. The van der Waals surface area contributed by atoms with E-state index in [9.17, 15) is 9.18 Å². The summed E-state index contributed by atoms with van der Waals surface area (Å²) in [6.07, 6.45) is 1.80. The summed E-state index contributed by atoms with van der Waals surface area (Å²) in [6.45, 7) is 4.23. The molecule has 1 aromatic heterocycles. The topological polar surface area (TPSA) is 67.0 Å². The molecule has 0 fully saturated rings. The van der Waals surface area contributed by atoms with Crippen LogP contribution < -0.4 is 10.1 Å². The normalized spacial score (nSPS) is 10.4. The number of benzene rings is 1. The van der Waals surface area contributed by atoms with Gasteiger partial charge in [0.2, 0.25) is 0 Å². The maximum Gasteiger partial charge on any atom is 0.276 e. The van der Waals surface area contributed by atoms with Crippen molar-refractivity contribution in [2.75, 3.05) is 11.9 Å². The van der Waals surface area contributed by atoms with Crippen LogP contribution in [0.4, 0.5) is 10.1 Å². The second-order valence-corrected chi connectivity index (χ2v) is 4.56. The fraction of sp³-hybridized carbons (Fsp3) is 0.333. The van der Waals surface area contributed by atoms with Crippen LogP contribution in [0.5, 0.6) is 5.75 Å². The van der Waals surface area contributed by atoms with Gasteiger partial charge in [-0.2, -0.15) is 5.10 Å². The Labute approximate surface area is 122 Å². The number of ether oxygens (including phenoxy) is 1. The average molecular weight is 291 g/mol. The van der Waals surface area contributed by atoms with Gasteiger partial charge in [-0.05, 0) is 31.5 Å². The number of nitrogens with one attached hydrogen (secondary N) is 2. The fourth-order valence-corrected chi connectivity index (χ4v) is 1.94. The first-order chi connectivity index (χ1) is 10.1. The number of amides is 1. The van der Waals surface area contributed by atoms with Crippen LogP contribution >= 0.6 is 0 Å². The average Bonchev–Trinajstić information content (AvgIpc) is 2.91. The molecule has 2 aromatic rings. The van der Waals surface area contributed by atoms with Gasteiger partial charge in [0.1, 0.15) is 11.6 Å². The first-order valence-electron chi connectivity index (χ1n) is 6.92. The van der Waals surface area contributed by atoms with Crippen molar-refractivity contribution < 1.29 is 13.9 Å². The Kier molecular flexibility index (Phi) is 4.92. The van der Waals surface area contributed by atoms with Gasteiger partial charge in [0, 0.05) is 11.8 Å². The molecule has 0 aliphatic carbocycles. The second kappa shape index (κ2) is 6.88. The van der Waals surface area contributed by atoms with Crippen molar-refractivity contribution in [3.8, 4) is 5.75 Å². The molecule has 0 aliphatic heterocycles. The number of H-pyrrole nitrogens is 1. The molecule has 2 N–H and O–H groups in total. The van der Waals surface area contributed by atoms with Crippen molar-refractivity contribution in [1.82, 2.24) is 10.2 Å². The van der Waals surface area contributed by atoms with Gasteiger partial charge in [0.05, 0.1) is 12.3 Å². The highest BCUT2D eigenvalue weighted by molar-refractivity contribution is 6.03. The Hall–Kier alpha value is -2.37. The zero-order chi connectivity index (χ0) is 15.2. The van der Waals surface area contributed by atoms with Crippen molar-refractivity contribution in [2.24, 2.45) is 0 Å². The molecule has 0 unspecified atom stereocenters. The number of carbonyl (C=O) groups excluding carboxylic acids is 1. The summed E-state index contributed by atoms with van der Waals surface area (Å²) in [5, 5.41) is 9.47. The van der Waals surface area contributed by atoms with Crippen LogP contribution in [-0.4, -0.2) is 22.7 Å². The smallest absolute Gasteiger partial charge is 0.276 e. The van der Waals surface area contributed by atoms with E-state index in [4.69, 9.17) is 4.74 Å². The highest BCUT2D eigenvalue weighted by Crippen LogP contribution is 2.25. The van der Waals surface area contributed by atoms with Crippen LogP contribution in [0.25, 0.3) is 0 Å². The summed E-state index contributed by atoms with van der Waals surface area (Å²) < 4.78 is 18.5. The third kappa shape index (κ3) is 3.81. The molecule has 112 valence electrons.